The summed E-state index contributed by atoms with van der Waals surface area (Å²) < 4.78 is 2.38. The quantitative estimate of drug-likeness (QED) is 0.782. The molecule has 1 N–H and O–H groups in total. The summed E-state index contributed by atoms with van der Waals surface area (Å²) in [6.07, 6.45) is 7.39. The molecule has 0 saturated carbocycles. The van der Waals surface area contributed by atoms with E-state index in [-0.39, 0.29) is 0 Å². The van der Waals surface area contributed by atoms with Gasteiger partial charge in [0.15, 0.2) is 0 Å². The second-order valence-corrected chi connectivity index (χ2v) is 5.31. The Labute approximate surface area is 97.3 Å². The zero-order chi connectivity index (χ0) is 11.0. The lowest BCUT2D eigenvalue weighted by molar-refractivity contribution is 0.344. The van der Waals surface area contributed by atoms with Gasteiger partial charge in [-0.25, -0.2) is 4.98 Å². The molecule has 3 heterocycles. The molecule has 0 spiro atoms. The average Bonchev–Trinajstić information content (AvgIpc) is 2.73. The van der Waals surface area contributed by atoms with Gasteiger partial charge in [0.1, 0.15) is 5.82 Å². The molecule has 0 radical (unpaired) electrons. The second-order valence-electron chi connectivity index (χ2n) is 5.31. The van der Waals surface area contributed by atoms with Crippen LogP contribution < -0.4 is 5.32 Å². The van der Waals surface area contributed by atoms with E-state index in [1.54, 1.807) is 0 Å². The maximum Gasteiger partial charge on any atom is 0.108 e. The van der Waals surface area contributed by atoms with E-state index in [1.165, 1.54) is 43.7 Å². The topological polar surface area (TPSA) is 29.9 Å². The molecule has 0 bridgehead atoms. The smallest absolute Gasteiger partial charge is 0.108 e. The van der Waals surface area contributed by atoms with Gasteiger partial charge < -0.3 is 9.88 Å². The third kappa shape index (κ3) is 1.77. The normalized spacial score (nSPS) is 30.1. The van der Waals surface area contributed by atoms with Crippen LogP contribution in [0.1, 0.15) is 43.6 Å². The van der Waals surface area contributed by atoms with Crippen LogP contribution in [0.4, 0.5) is 0 Å². The van der Waals surface area contributed by atoms with Gasteiger partial charge in [-0.15, -0.1) is 0 Å². The van der Waals surface area contributed by atoms with Gasteiger partial charge in [-0.05, 0) is 38.3 Å². The lowest BCUT2D eigenvalue weighted by Crippen LogP contribution is -2.33. The molecule has 88 valence electrons. The molecule has 2 aliphatic heterocycles. The Bertz CT molecular complexity index is 346. The first-order valence-electron chi connectivity index (χ1n) is 6.61. The largest absolute Gasteiger partial charge is 0.335 e. The van der Waals surface area contributed by atoms with Crippen LogP contribution in [-0.4, -0.2) is 22.6 Å². The van der Waals surface area contributed by atoms with Gasteiger partial charge in [0.25, 0.3) is 0 Å². The fourth-order valence-corrected chi connectivity index (χ4v) is 3.07. The number of nitrogens with zero attached hydrogens (tertiary/aromatic N) is 2. The highest BCUT2D eigenvalue weighted by Crippen LogP contribution is 2.30. The Morgan fingerprint density at radius 2 is 2.38 bits per heavy atom. The lowest BCUT2D eigenvalue weighted by Gasteiger charge is -2.28. The summed E-state index contributed by atoms with van der Waals surface area (Å²) in [4.78, 5) is 4.86. The molecule has 0 aliphatic carbocycles. The van der Waals surface area contributed by atoms with Crippen molar-refractivity contribution in [1.29, 1.82) is 0 Å². The van der Waals surface area contributed by atoms with E-state index < -0.39 is 0 Å². The highest BCUT2D eigenvalue weighted by atomic mass is 15.1. The number of piperidine rings is 1. The van der Waals surface area contributed by atoms with Crippen LogP contribution in [0.25, 0.3) is 0 Å². The fourth-order valence-electron chi connectivity index (χ4n) is 3.07. The van der Waals surface area contributed by atoms with E-state index in [0.29, 0.717) is 5.92 Å². The SMILES string of the molecule is CC1CNCCC1c1cn2c(n1)CCCC2. The monoisotopic (exact) mass is 219 g/mol. The molecule has 1 fully saturated rings. The van der Waals surface area contributed by atoms with Crippen molar-refractivity contribution in [2.24, 2.45) is 5.92 Å². The lowest BCUT2D eigenvalue weighted by atomic mass is 9.86. The van der Waals surface area contributed by atoms with Crippen molar-refractivity contribution in [2.45, 2.75) is 45.1 Å². The molecule has 2 aliphatic rings. The number of hydrogen-bond acceptors (Lipinski definition) is 2. The average molecular weight is 219 g/mol. The molecular formula is C13H21N3. The predicted molar refractivity (Wildman–Crippen MR) is 64.6 cm³/mol. The van der Waals surface area contributed by atoms with E-state index in [2.05, 4.69) is 23.0 Å². The summed E-state index contributed by atoms with van der Waals surface area (Å²) in [5.74, 6) is 2.73. The number of hydrogen-bond donors (Lipinski definition) is 1. The summed E-state index contributed by atoms with van der Waals surface area (Å²) >= 11 is 0. The minimum atomic E-state index is 0.680. The van der Waals surface area contributed by atoms with E-state index in [1.807, 2.05) is 0 Å². The molecule has 3 nitrogen and oxygen atoms in total. The van der Waals surface area contributed by atoms with Gasteiger partial charge in [0.2, 0.25) is 0 Å². The number of rotatable bonds is 1. The minimum absolute atomic E-state index is 0.680. The summed E-state index contributed by atoms with van der Waals surface area (Å²) in [7, 11) is 0. The Morgan fingerprint density at radius 3 is 3.19 bits per heavy atom. The standard InChI is InChI=1S/C13H21N3/c1-10-8-14-6-5-11(10)12-9-16-7-3-2-4-13(16)15-12/h9-11,14H,2-8H2,1H3. The molecule has 1 aromatic rings. The molecule has 1 aromatic heterocycles. The molecule has 0 amide bonds. The first kappa shape index (κ1) is 10.3. The minimum Gasteiger partial charge on any atom is -0.335 e. The molecule has 3 rings (SSSR count). The number of nitrogens with one attached hydrogen (secondary N) is 1. The highest BCUT2D eigenvalue weighted by Gasteiger charge is 2.26. The maximum absolute atomic E-state index is 4.86. The van der Waals surface area contributed by atoms with Crippen molar-refractivity contribution in [3.05, 3.63) is 17.7 Å². The third-order valence-electron chi connectivity index (χ3n) is 4.09. The molecule has 1 saturated heterocycles. The van der Waals surface area contributed by atoms with Crippen molar-refractivity contribution in [1.82, 2.24) is 14.9 Å². The van der Waals surface area contributed by atoms with Gasteiger partial charge >= 0.3 is 0 Å². The van der Waals surface area contributed by atoms with Gasteiger partial charge in [0, 0.05) is 25.1 Å². The van der Waals surface area contributed by atoms with Gasteiger partial charge in [0.05, 0.1) is 5.69 Å². The molecule has 2 atom stereocenters. The predicted octanol–water partition coefficient (Wildman–Crippen LogP) is 1.93. The highest BCUT2D eigenvalue weighted by molar-refractivity contribution is 5.13. The van der Waals surface area contributed by atoms with Crippen molar-refractivity contribution in [3.63, 3.8) is 0 Å². The zero-order valence-corrected chi connectivity index (χ0v) is 10.1. The Kier molecular flexibility index (Phi) is 2.72. The molecule has 2 unspecified atom stereocenters. The third-order valence-corrected chi connectivity index (χ3v) is 4.09. The van der Waals surface area contributed by atoms with Crippen LogP contribution in [0.3, 0.4) is 0 Å². The summed E-state index contributed by atoms with van der Waals surface area (Å²) in [5.41, 5.74) is 1.35. The van der Waals surface area contributed by atoms with Gasteiger partial charge in [-0.3, -0.25) is 0 Å². The summed E-state index contributed by atoms with van der Waals surface area (Å²) in [6, 6.07) is 0. The van der Waals surface area contributed by atoms with E-state index in [9.17, 15) is 0 Å². The maximum atomic E-state index is 4.86. The van der Waals surface area contributed by atoms with Crippen LogP contribution in [0.5, 0.6) is 0 Å². The van der Waals surface area contributed by atoms with E-state index >= 15 is 0 Å². The Morgan fingerprint density at radius 1 is 1.44 bits per heavy atom. The molecule has 0 aromatic carbocycles. The van der Waals surface area contributed by atoms with E-state index in [4.69, 9.17) is 4.98 Å². The summed E-state index contributed by atoms with van der Waals surface area (Å²) in [5, 5.41) is 3.46. The van der Waals surface area contributed by atoms with Crippen LogP contribution in [0, 0.1) is 5.92 Å². The first-order chi connectivity index (χ1) is 7.84. The first-order valence-corrected chi connectivity index (χ1v) is 6.61. The fraction of sp³-hybridized carbons (Fsp3) is 0.769. The second kappa shape index (κ2) is 4.21. The molecular weight excluding hydrogens is 198 g/mol. The van der Waals surface area contributed by atoms with E-state index in [0.717, 1.165) is 19.0 Å². The van der Waals surface area contributed by atoms with Crippen LogP contribution in [0.2, 0.25) is 0 Å². The Hall–Kier alpha value is -0.830. The van der Waals surface area contributed by atoms with Crippen LogP contribution in [-0.2, 0) is 13.0 Å². The number of fused-ring (bicyclic) bond motifs is 1. The van der Waals surface area contributed by atoms with Crippen molar-refractivity contribution >= 4 is 0 Å². The zero-order valence-electron chi connectivity index (χ0n) is 10.1. The molecule has 16 heavy (non-hydrogen) atoms. The number of aromatic nitrogens is 2. The number of imidazole rings is 1. The van der Waals surface area contributed by atoms with Crippen LogP contribution in [0.15, 0.2) is 6.20 Å². The van der Waals surface area contributed by atoms with Crippen molar-refractivity contribution < 1.29 is 0 Å². The summed E-state index contributed by atoms with van der Waals surface area (Å²) in [6.45, 7) is 5.82. The molecule has 3 heteroatoms. The number of aryl methyl sites for hydroxylation is 2. The van der Waals surface area contributed by atoms with Crippen molar-refractivity contribution in [2.75, 3.05) is 13.1 Å². The van der Waals surface area contributed by atoms with Gasteiger partial charge in [-0.1, -0.05) is 6.92 Å². The Balaban J connectivity index is 1.85. The van der Waals surface area contributed by atoms with Gasteiger partial charge in [-0.2, -0.15) is 0 Å². The van der Waals surface area contributed by atoms with Crippen molar-refractivity contribution in [3.8, 4) is 0 Å². The van der Waals surface area contributed by atoms with Crippen LogP contribution >= 0.6 is 0 Å².